The summed E-state index contributed by atoms with van der Waals surface area (Å²) in [5.41, 5.74) is 6.27. The van der Waals surface area contributed by atoms with Crippen LogP contribution < -0.4 is 5.73 Å². The SMILES string of the molecule is CCOC(=O)C(N)CCN1CCCC(C)(C)CC1. The van der Waals surface area contributed by atoms with E-state index < -0.39 is 6.04 Å². The molecule has 0 aliphatic carbocycles. The Kier molecular flexibility index (Phi) is 6.09. The Hall–Kier alpha value is -0.610. The summed E-state index contributed by atoms with van der Waals surface area (Å²) in [7, 11) is 0. The zero-order valence-electron chi connectivity index (χ0n) is 12.1. The van der Waals surface area contributed by atoms with E-state index in [0.717, 1.165) is 19.6 Å². The van der Waals surface area contributed by atoms with E-state index >= 15 is 0 Å². The summed E-state index contributed by atoms with van der Waals surface area (Å²) in [6.07, 6.45) is 4.44. The van der Waals surface area contributed by atoms with Crippen molar-refractivity contribution in [3.05, 3.63) is 0 Å². The lowest BCUT2D eigenvalue weighted by molar-refractivity contribution is -0.144. The summed E-state index contributed by atoms with van der Waals surface area (Å²) in [4.78, 5) is 13.8. The molecule has 0 aromatic carbocycles. The van der Waals surface area contributed by atoms with Gasteiger partial charge in [-0.05, 0) is 51.1 Å². The summed E-state index contributed by atoms with van der Waals surface area (Å²) < 4.78 is 4.92. The van der Waals surface area contributed by atoms with E-state index in [2.05, 4.69) is 18.7 Å². The Bertz CT molecular complexity index is 267. The summed E-state index contributed by atoms with van der Waals surface area (Å²) in [6.45, 7) is 10.0. The van der Waals surface area contributed by atoms with Crippen molar-refractivity contribution in [3.8, 4) is 0 Å². The third-order valence-electron chi connectivity index (χ3n) is 3.78. The average molecular weight is 256 g/mol. The normalized spacial score (nSPS) is 22.2. The minimum atomic E-state index is -0.471. The van der Waals surface area contributed by atoms with Crippen molar-refractivity contribution in [2.45, 2.75) is 52.5 Å². The van der Waals surface area contributed by atoms with Crippen molar-refractivity contribution in [2.24, 2.45) is 11.1 Å². The monoisotopic (exact) mass is 256 g/mol. The van der Waals surface area contributed by atoms with Crippen LogP contribution in [0.2, 0.25) is 0 Å². The molecule has 1 atom stereocenters. The molecule has 0 amide bonds. The number of carbonyl (C=O) groups is 1. The highest BCUT2D eigenvalue weighted by Crippen LogP contribution is 2.29. The fourth-order valence-corrected chi connectivity index (χ4v) is 2.39. The number of rotatable bonds is 5. The maximum atomic E-state index is 11.4. The van der Waals surface area contributed by atoms with Crippen LogP contribution in [0.5, 0.6) is 0 Å². The van der Waals surface area contributed by atoms with Crippen LogP contribution in [-0.2, 0) is 9.53 Å². The van der Waals surface area contributed by atoms with Gasteiger partial charge in [0.2, 0.25) is 0 Å². The highest BCUT2D eigenvalue weighted by atomic mass is 16.5. The van der Waals surface area contributed by atoms with Gasteiger partial charge < -0.3 is 15.4 Å². The second-order valence-corrected chi connectivity index (χ2v) is 6.01. The van der Waals surface area contributed by atoms with E-state index in [1.54, 1.807) is 0 Å². The lowest BCUT2D eigenvalue weighted by atomic mass is 9.85. The van der Waals surface area contributed by atoms with E-state index in [9.17, 15) is 4.79 Å². The van der Waals surface area contributed by atoms with Crippen LogP contribution in [0.4, 0.5) is 0 Å². The van der Waals surface area contributed by atoms with Crippen LogP contribution in [0.3, 0.4) is 0 Å². The molecule has 1 aliphatic rings. The predicted molar refractivity (Wildman–Crippen MR) is 73.3 cm³/mol. The molecule has 0 bridgehead atoms. The van der Waals surface area contributed by atoms with E-state index in [1.807, 2.05) is 6.92 Å². The minimum absolute atomic E-state index is 0.271. The first-order valence-corrected chi connectivity index (χ1v) is 7.09. The molecule has 1 unspecified atom stereocenters. The molecule has 0 saturated carbocycles. The first kappa shape index (κ1) is 15.4. The number of hydrogen-bond acceptors (Lipinski definition) is 4. The lowest BCUT2D eigenvalue weighted by Crippen LogP contribution is -2.37. The van der Waals surface area contributed by atoms with E-state index in [0.29, 0.717) is 18.4 Å². The summed E-state index contributed by atoms with van der Waals surface area (Å²) in [5, 5.41) is 0. The molecule has 1 saturated heterocycles. The van der Waals surface area contributed by atoms with Gasteiger partial charge in [-0.3, -0.25) is 4.79 Å². The molecule has 1 heterocycles. The maximum Gasteiger partial charge on any atom is 0.322 e. The largest absolute Gasteiger partial charge is 0.465 e. The Labute approximate surface area is 111 Å². The standard InChI is InChI=1S/C14H28N2O2/c1-4-18-13(17)12(15)6-10-16-9-5-7-14(2,3)8-11-16/h12H,4-11,15H2,1-3H3. The summed E-state index contributed by atoms with van der Waals surface area (Å²) in [5.74, 6) is -0.271. The average Bonchev–Trinajstić information content (AvgIpc) is 2.47. The van der Waals surface area contributed by atoms with Gasteiger partial charge in [0.05, 0.1) is 6.61 Å². The Balaban J connectivity index is 2.28. The number of hydrogen-bond donors (Lipinski definition) is 1. The van der Waals surface area contributed by atoms with Gasteiger partial charge in [0, 0.05) is 6.54 Å². The molecular formula is C14H28N2O2. The predicted octanol–water partition coefficient (Wildman–Crippen LogP) is 1.78. The fourth-order valence-electron chi connectivity index (χ4n) is 2.39. The number of ether oxygens (including phenoxy) is 1. The van der Waals surface area contributed by atoms with Crippen molar-refractivity contribution >= 4 is 5.97 Å². The second kappa shape index (κ2) is 7.10. The molecule has 0 radical (unpaired) electrons. The summed E-state index contributed by atoms with van der Waals surface area (Å²) >= 11 is 0. The quantitative estimate of drug-likeness (QED) is 0.762. The van der Waals surface area contributed by atoms with Crippen molar-refractivity contribution < 1.29 is 9.53 Å². The van der Waals surface area contributed by atoms with Crippen LogP contribution in [0.1, 0.15) is 46.5 Å². The molecular weight excluding hydrogens is 228 g/mol. The van der Waals surface area contributed by atoms with Gasteiger partial charge in [0.25, 0.3) is 0 Å². The second-order valence-electron chi connectivity index (χ2n) is 6.01. The Morgan fingerprint density at radius 1 is 1.39 bits per heavy atom. The van der Waals surface area contributed by atoms with Crippen LogP contribution in [0.15, 0.2) is 0 Å². The van der Waals surface area contributed by atoms with Gasteiger partial charge in [-0.1, -0.05) is 13.8 Å². The Morgan fingerprint density at radius 2 is 2.11 bits per heavy atom. The van der Waals surface area contributed by atoms with Crippen LogP contribution in [-0.4, -0.2) is 43.2 Å². The third-order valence-corrected chi connectivity index (χ3v) is 3.78. The van der Waals surface area contributed by atoms with Crippen LogP contribution in [0, 0.1) is 5.41 Å². The molecule has 0 aromatic rings. The molecule has 106 valence electrons. The third kappa shape index (κ3) is 5.36. The topological polar surface area (TPSA) is 55.6 Å². The maximum absolute atomic E-state index is 11.4. The van der Waals surface area contributed by atoms with Crippen LogP contribution in [0.25, 0.3) is 0 Å². The van der Waals surface area contributed by atoms with Crippen molar-refractivity contribution in [2.75, 3.05) is 26.2 Å². The minimum Gasteiger partial charge on any atom is -0.465 e. The van der Waals surface area contributed by atoms with Crippen LogP contribution >= 0.6 is 0 Å². The van der Waals surface area contributed by atoms with Crippen molar-refractivity contribution in [1.82, 2.24) is 4.90 Å². The van der Waals surface area contributed by atoms with Gasteiger partial charge in [-0.2, -0.15) is 0 Å². The molecule has 1 aliphatic heterocycles. The highest BCUT2D eigenvalue weighted by Gasteiger charge is 2.23. The molecule has 0 spiro atoms. The number of carbonyl (C=O) groups excluding carboxylic acids is 1. The fraction of sp³-hybridized carbons (Fsp3) is 0.929. The van der Waals surface area contributed by atoms with Crippen molar-refractivity contribution in [1.29, 1.82) is 0 Å². The molecule has 4 heteroatoms. The molecule has 2 N–H and O–H groups in total. The first-order chi connectivity index (χ1) is 8.44. The molecule has 18 heavy (non-hydrogen) atoms. The lowest BCUT2D eigenvalue weighted by Gasteiger charge is -2.23. The van der Waals surface area contributed by atoms with Gasteiger partial charge in [0.15, 0.2) is 0 Å². The number of esters is 1. The number of nitrogens with two attached hydrogens (primary N) is 1. The van der Waals surface area contributed by atoms with Gasteiger partial charge >= 0.3 is 5.97 Å². The molecule has 1 fully saturated rings. The first-order valence-electron chi connectivity index (χ1n) is 7.09. The smallest absolute Gasteiger partial charge is 0.322 e. The molecule has 1 rings (SSSR count). The number of likely N-dealkylation sites (tertiary alicyclic amines) is 1. The van der Waals surface area contributed by atoms with E-state index in [4.69, 9.17) is 10.5 Å². The van der Waals surface area contributed by atoms with E-state index in [1.165, 1.54) is 19.3 Å². The zero-order valence-corrected chi connectivity index (χ0v) is 12.1. The number of nitrogens with zero attached hydrogens (tertiary/aromatic N) is 1. The molecule has 4 nitrogen and oxygen atoms in total. The highest BCUT2D eigenvalue weighted by molar-refractivity contribution is 5.75. The zero-order chi connectivity index (χ0) is 13.6. The van der Waals surface area contributed by atoms with Gasteiger partial charge in [0.1, 0.15) is 6.04 Å². The van der Waals surface area contributed by atoms with Gasteiger partial charge in [-0.15, -0.1) is 0 Å². The molecule has 0 aromatic heterocycles. The van der Waals surface area contributed by atoms with Crippen molar-refractivity contribution in [3.63, 3.8) is 0 Å². The Morgan fingerprint density at radius 3 is 2.78 bits per heavy atom. The van der Waals surface area contributed by atoms with Gasteiger partial charge in [-0.25, -0.2) is 0 Å². The van der Waals surface area contributed by atoms with E-state index in [-0.39, 0.29) is 5.97 Å². The summed E-state index contributed by atoms with van der Waals surface area (Å²) in [6, 6.07) is -0.471.